The Labute approximate surface area is 172 Å². The third-order valence-electron chi connectivity index (χ3n) is 4.36. The molecule has 0 aliphatic carbocycles. The summed E-state index contributed by atoms with van der Waals surface area (Å²) in [5, 5.41) is 4.08. The second-order valence-electron chi connectivity index (χ2n) is 6.44. The lowest BCUT2D eigenvalue weighted by molar-refractivity contribution is -0.127. The molecular weight excluding hydrogens is 390 g/mol. The Morgan fingerprint density at radius 2 is 1.64 bits per heavy atom. The first-order valence-corrected chi connectivity index (χ1v) is 11.0. The van der Waals surface area contributed by atoms with Gasteiger partial charge in [0.1, 0.15) is 0 Å². The van der Waals surface area contributed by atoms with Gasteiger partial charge in [-0.25, -0.2) is 0 Å². The van der Waals surface area contributed by atoms with Gasteiger partial charge in [-0.3, -0.25) is 4.79 Å². The number of ether oxygens (including phenoxy) is 2. The van der Waals surface area contributed by atoms with Crippen molar-refractivity contribution < 1.29 is 14.3 Å². The Morgan fingerprint density at radius 3 is 2.29 bits per heavy atom. The van der Waals surface area contributed by atoms with E-state index < -0.39 is 0 Å². The standard InChI is InChI=1S/C22H21NO3S2/c24-22(9-7-17-6-8-20-21(14-17)26-11-3-10-25-20)23(15-18-4-1-12-27-18)16-19-5-2-13-28-19/h1-2,4-9,12-14H,3,10-11,15-16H2/b9-7+. The van der Waals surface area contributed by atoms with Gasteiger partial charge in [0.15, 0.2) is 11.5 Å². The smallest absolute Gasteiger partial charge is 0.247 e. The number of benzene rings is 1. The van der Waals surface area contributed by atoms with Gasteiger partial charge in [0.2, 0.25) is 5.91 Å². The highest BCUT2D eigenvalue weighted by Gasteiger charge is 2.14. The molecule has 1 amide bonds. The van der Waals surface area contributed by atoms with Crippen molar-refractivity contribution >= 4 is 34.7 Å². The fourth-order valence-corrected chi connectivity index (χ4v) is 4.39. The number of amides is 1. The van der Waals surface area contributed by atoms with Crippen molar-refractivity contribution in [2.45, 2.75) is 19.5 Å². The molecule has 0 spiro atoms. The lowest BCUT2D eigenvalue weighted by atomic mass is 10.2. The Bertz CT molecular complexity index is 897. The molecule has 0 saturated carbocycles. The van der Waals surface area contributed by atoms with Crippen LogP contribution in [0.25, 0.3) is 6.08 Å². The quantitative estimate of drug-likeness (QED) is 0.523. The normalized spacial score (nSPS) is 13.4. The van der Waals surface area contributed by atoms with Gasteiger partial charge in [0.25, 0.3) is 0 Å². The minimum absolute atomic E-state index is 0.00564. The molecule has 4 rings (SSSR count). The van der Waals surface area contributed by atoms with E-state index in [4.69, 9.17) is 9.47 Å². The monoisotopic (exact) mass is 411 g/mol. The maximum absolute atomic E-state index is 12.9. The van der Waals surface area contributed by atoms with Crippen LogP contribution >= 0.6 is 22.7 Å². The second-order valence-corrected chi connectivity index (χ2v) is 8.51. The fourth-order valence-electron chi connectivity index (χ4n) is 2.95. The summed E-state index contributed by atoms with van der Waals surface area (Å²) >= 11 is 3.34. The molecule has 0 bridgehead atoms. The van der Waals surface area contributed by atoms with Gasteiger partial charge in [-0.1, -0.05) is 18.2 Å². The van der Waals surface area contributed by atoms with Gasteiger partial charge in [-0.15, -0.1) is 22.7 Å². The highest BCUT2D eigenvalue weighted by Crippen LogP contribution is 2.30. The number of thiophene rings is 2. The molecule has 0 unspecified atom stereocenters. The number of carbonyl (C=O) groups is 1. The number of hydrogen-bond donors (Lipinski definition) is 0. The first kappa shape index (κ1) is 18.8. The predicted octanol–water partition coefficient (Wildman–Crippen LogP) is 5.21. The minimum Gasteiger partial charge on any atom is -0.490 e. The molecule has 1 aliphatic heterocycles. The van der Waals surface area contributed by atoms with E-state index in [1.54, 1.807) is 28.7 Å². The van der Waals surface area contributed by atoms with Gasteiger partial charge in [-0.05, 0) is 46.7 Å². The zero-order chi connectivity index (χ0) is 19.2. The van der Waals surface area contributed by atoms with Gasteiger partial charge < -0.3 is 14.4 Å². The van der Waals surface area contributed by atoms with Gasteiger partial charge in [0, 0.05) is 22.3 Å². The van der Waals surface area contributed by atoms with Crippen LogP contribution in [0.3, 0.4) is 0 Å². The Hall–Kier alpha value is -2.57. The van der Waals surface area contributed by atoms with E-state index in [1.165, 1.54) is 9.75 Å². The number of hydrogen-bond acceptors (Lipinski definition) is 5. The predicted molar refractivity (Wildman–Crippen MR) is 114 cm³/mol. The average Bonchev–Trinajstić information content (AvgIpc) is 3.36. The van der Waals surface area contributed by atoms with Crippen molar-refractivity contribution in [2.75, 3.05) is 13.2 Å². The molecule has 28 heavy (non-hydrogen) atoms. The van der Waals surface area contributed by atoms with Crippen LogP contribution in [0.2, 0.25) is 0 Å². The van der Waals surface area contributed by atoms with Crippen LogP contribution < -0.4 is 9.47 Å². The molecule has 0 radical (unpaired) electrons. The fraction of sp³-hybridized carbons (Fsp3) is 0.227. The molecule has 1 aliphatic rings. The van der Waals surface area contributed by atoms with Gasteiger partial charge in [0.05, 0.1) is 26.3 Å². The lowest BCUT2D eigenvalue weighted by Crippen LogP contribution is -2.27. The Kier molecular flexibility index (Phi) is 6.09. The third-order valence-corrected chi connectivity index (χ3v) is 6.08. The van der Waals surface area contributed by atoms with Crippen LogP contribution in [0.15, 0.2) is 59.3 Å². The summed E-state index contributed by atoms with van der Waals surface area (Å²) in [4.78, 5) is 17.1. The maximum atomic E-state index is 12.9. The number of nitrogens with zero attached hydrogens (tertiary/aromatic N) is 1. The van der Waals surface area contributed by atoms with Crippen molar-refractivity contribution in [3.8, 4) is 11.5 Å². The molecule has 0 atom stereocenters. The first-order valence-electron chi connectivity index (χ1n) is 9.19. The average molecular weight is 412 g/mol. The topological polar surface area (TPSA) is 38.8 Å². The van der Waals surface area contributed by atoms with E-state index in [0.29, 0.717) is 26.3 Å². The maximum Gasteiger partial charge on any atom is 0.247 e. The minimum atomic E-state index is -0.00564. The summed E-state index contributed by atoms with van der Waals surface area (Å²) in [6.45, 7) is 2.54. The highest BCUT2D eigenvalue weighted by molar-refractivity contribution is 7.10. The van der Waals surface area contributed by atoms with Crippen molar-refractivity contribution in [1.82, 2.24) is 4.90 Å². The molecule has 0 saturated heterocycles. The zero-order valence-corrected chi connectivity index (χ0v) is 17.0. The van der Waals surface area contributed by atoms with Gasteiger partial charge >= 0.3 is 0 Å². The summed E-state index contributed by atoms with van der Waals surface area (Å²) in [5.41, 5.74) is 0.921. The zero-order valence-electron chi connectivity index (χ0n) is 15.4. The summed E-state index contributed by atoms with van der Waals surface area (Å²) in [5.74, 6) is 1.49. The summed E-state index contributed by atoms with van der Waals surface area (Å²) < 4.78 is 11.4. The molecule has 144 valence electrons. The van der Waals surface area contributed by atoms with E-state index in [0.717, 1.165) is 23.5 Å². The number of carbonyl (C=O) groups excluding carboxylic acids is 1. The van der Waals surface area contributed by atoms with Crippen molar-refractivity contribution in [3.05, 3.63) is 74.6 Å². The van der Waals surface area contributed by atoms with Crippen LogP contribution in [-0.4, -0.2) is 24.0 Å². The first-order chi connectivity index (χ1) is 13.8. The summed E-state index contributed by atoms with van der Waals surface area (Å²) in [6, 6.07) is 13.9. The largest absolute Gasteiger partial charge is 0.490 e. The van der Waals surface area contributed by atoms with E-state index in [9.17, 15) is 4.79 Å². The molecular formula is C22H21NO3S2. The van der Waals surface area contributed by atoms with E-state index >= 15 is 0 Å². The van der Waals surface area contributed by atoms with Crippen molar-refractivity contribution in [1.29, 1.82) is 0 Å². The molecule has 4 nitrogen and oxygen atoms in total. The molecule has 6 heteroatoms. The highest BCUT2D eigenvalue weighted by atomic mass is 32.1. The third kappa shape index (κ3) is 4.82. The van der Waals surface area contributed by atoms with E-state index in [1.807, 2.05) is 52.1 Å². The van der Waals surface area contributed by atoms with Crippen LogP contribution in [0.5, 0.6) is 11.5 Å². The van der Waals surface area contributed by atoms with E-state index in [2.05, 4.69) is 12.1 Å². The van der Waals surface area contributed by atoms with Crippen LogP contribution in [0.1, 0.15) is 21.7 Å². The van der Waals surface area contributed by atoms with E-state index in [-0.39, 0.29) is 5.91 Å². The van der Waals surface area contributed by atoms with Crippen LogP contribution in [0.4, 0.5) is 0 Å². The molecule has 0 fully saturated rings. The lowest BCUT2D eigenvalue weighted by Gasteiger charge is -2.20. The SMILES string of the molecule is O=C(/C=C/c1ccc2c(c1)OCCCO2)N(Cc1cccs1)Cc1cccs1. The second kappa shape index (κ2) is 9.08. The number of rotatable bonds is 6. The molecule has 3 aromatic rings. The Balaban J connectivity index is 1.49. The van der Waals surface area contributed by atoms with Crippen molar-refractivity contribution in [3.63, 3.8) is 0 Å². The molecule has 3 heterocycles. The summed E-state index contributed by atoms with van der Waals surface area (Å²) in [7, 11) is 0. The van der Waals surface area contributed by atoms with Gasteiger partial charge in [-0.2, -0.15) is 0 Å². The van der Waals surface area contributed by atoms with Crippen LogP contribution in [0, 0.1) is 0 Å². The van der Waals surface area contributed by atoms with Crippen LogP contribution in [-0.2, 0) is 17.9 Å². The molecule has 0 N–H and O–H groups in total. The number of fused-ring (bicyclic) bond motifs is 1. The Morgan fingerprint density at radius 1 is 0.964 bits per heavy atom. The molecule has 2 aromatic heterocycles. The van der Waals surface area contributed by atoms with Crippen molar-refractivity contribution in [2.24, 2.45) is 0 Å². The summed E-state index contributed by atoms with van der Waals surface area (Å²) in [6.07, 6.45) is 4.35. The molecule has 1 aromatic carbocycles.